The van der Waals surface area contributed by atoms with E-state index in [0.717, 1.165) is 12.8 Å². The lowest BCUT2D eigenvalue weighted by molar-refractivity contribution is -0.123. The second kappa shape index (κ2) is 3.66. The third kappa shape index (κ3) is 2.69. The van der Waals surface area contributed by atoms with Crippen LogP contribution in [0.5, 0.6) is 0 Å². The van der Waals surface area contributed by atoms with Crippen LogP contribution in [0.1, 0.15) is 33.6 Å². The maximum Gasteiger partial charge on any atom is 0.223 e. The molecule has 0 aliphatic heterocycles. The van der Waals surface area contributed by atoms with Gasteiger partial charge in [-0.25, -0.2) is 0 Å². The molecular formula is C10H20N2O. The van der Waals surface area contributed by atoms with Crippen molar-refractivity contribution in [1.82, 2.24) is 5.32 Å². The van der Waals surface area contributed by atoms with Gasteiger partial charge in [0.1, 0.15) is 0 Å². The number of carbonyl (C=O) groups excluding carboxylic acids is 1. The molecule has 1 saturated carbocycles. The van der Waals surface area contributed by atoms with Crippen LogP contribution in [0.3, 0.4) is 0 Å². The van der Waals surface area contributed by atoms with E-state index in [9.17, 15) is 4.79 Å². The van der Waals surface area contributed by atoms with Gasteiger partial charge in [0.15, 0.2) is 0 Å². The molecule has 0 spiro atoms. The van der Waals surface area contributed by atoms with Gasteiger partial charge >= 0.3 is 0 Å². The Labute approximate surface area is 80.1 Å². The Morgan fingerprint density at radius 1 is 1.69 bits per heavy atom. The summed E-state index contributed by atoms with van der Waals surface area (Å²) in [7, 11) is 0. The zero-order chi connectivity index (χ0) is 10.1. The molecule has 2 atom stereocenters. The van der Waals surface area contributed by atoms with Crippen molar-refractivity contribution in [3.8, 4) is 0 Å². The maximum absolute atomic E-state index is 11.6. The molecule has 3 N–H and O–H groups in total. The average molecular weight is 184 g/mol. The first-order valence-corrected chi connectivity index (χ1v) is 4.98. The van der Waals surface area contributed by atoms with Crippen LogP contribution in [0, 0.1) is 11.3 Å². The molecule has 3 heteroatoms. The van der Waals surface area contributed by atoms with Crippen molar-refractivity contribution in [3.05, 3.63) is 0 Å². The Morgan fingerprint density at radius 2 is 2.23 bits per heavy atom. The summed E-state index contributed by atoms with van der Waals surface area (Å²) in [6.45, 7) is 6.89. The predicted molar refractivity (Wildman–Crippen MR) is 53.2 cm³/mol. The molecule has 1 fully saturated rings. The van der Waals surface area contributed by atoms with E-state index in [2.05, 4.69) is 19.2 Å². The Hall–Kier alpha value is -0.570. The first-order chi connectivity index (χ1) is 5.97. The number of rotatable bonds is 4. The molecule has 1 aliphatic rings. The van der Waals surface area contributed by atoms with E-state index in [-0.39, 0.29) is 23.3 Å². The SMILES string of the molecule is CC(CCN)NC(=O)C1CC1(C)C. The molecule has 0 saturated heterocycles. The van der Waals surface area contributed by atoms with Gasteiger partial charge in [-0.15, -0.1) is 0 Å². The van der Waals surface area contributed by atoms with E-state index in [1.54, 1.807) is 0 Å². The summed E-state index contributed by atoms with van der Waals surface area (Å²) in [4.78, 5) is 11.6. The third-order valence-electron chi connectivity index (χ3n) is 2.82. The van der Waals surface area contributed by atoms with Crippen LogP contribution in [-0.2, 0) is 4.79 Å². The van der Waals surface area contributed by atoms with E-state index in [4.69, 9.17) is 5.73 Å². The smallest absolute Gasteiger partial charge is 0.223 e. The van der Waals surface area contributed by atoms with E-state index < -0.39 is 0 Å². The number of carbonyl (C=O) groups is 1. The van der Waals surface area contributed by atoms with Crippen molar-refractivity contribution in [1.29, 1.82) is 0 Å². The fraction of sp³-hybridized carbons (Fsp3) is 0.900. The van der Waals surface area contributed by atoms with Crippen LogP contribution >= 0.6 is 0 Å². The maximum atomic E-state index is 11.6. The van der Waals surface area contributed by atoms with E-state index >= 15 is 0 Å². The van der Waals surface area contributed by atoms with Crippen molar-refractivity contribution < 1.29 is 4.79 Å². The molecule has 0 aromatic heterocycles. The number of hydrogen-bond donors (Lipinski definition) is 2. The van der Waals surface area contributed by atoms with E-state index in [1.165, 1.54) is 0 Å². The first-order valence-electron chi connectivity index (χ1n) is 4.98. The number of nitrogens with two attached hydrogens (primary N) is 1. The summed E-state index contributed by atoms with van der Waals surface area (Å²) in [6, 6.07) is 0.217. The molecule has 13 heavy (non-hydrogen) atoms. The zero-order valence-corrected chi connectivity index (χ0v) is 8.76. The summed E-state index contributed by atoms with van der Waals surface area (Å²) in [5, 5.41) is 2.98. The molecule has 1 aliphatic carbocycles. The lowest BCUT2D eigenvalue weighted by Crippen LogP contribution is -2.35. The zero-order valence-electron chi connectivity index (χ0n) is 8.76. The molecule has 0 aromatic carbocycles. The van der Waals surface area contributed by atoms with Gasteiger partial charge in [0.2, 0.25) is 5.91 Å². The Kier molecular flexibility index (Phi) is 2.96. The largest absolute Gasteiger partial charge is 0.353 e. The van der Waals surface area contributed by atoms with Gasteiger partial charge in [0, 0.05) is 12.0 Å². The average Bonchev–Trinajstić information content (AvgIpc) is 2.60. The van der Waals surface area contributed by atoms with Crippen LogP contribution in [0.4, 0.5) is 0 Å². The minimum atomic E-state index is 0.200. The van der Waals surface area contributed by atoms with Gasteiger partial charge in [0.25, 0.3) is 0 Å². The molecule has 0 bridgehead atoms. The highest BCUT2D eigenvalue weighted by molar-refractivity contribution is 5.82. The highest BCUT2D eigenvalue weighted by atomic mass is 16.2. The van der Waals surface area contributed by atoms with Crippen molar-refractivity contribution in [2.45, 2.75) is 39.7 Å². The van der Waals surface area contributed by atoms with Crippen molar-refractivity contribution in [2.75, 3.05) is 6.54 Å². The lowest BCUT2D eigenvalue weighted by Gasteiger charge is -2.13. The van der Waals surface area contributed by atoms with Crippen LogP contribution in [0.25, 0.3) is 0 Å². The molecule has 1 amide bonds. The summed E-state index contributed by atoms with van der Waals surface area (Å²) < 4.78 is 0. The highest BCUT2D eigenvalue weighted by Gasteiger charge is 2.50. The van der Waals surface area contributed by atoms with Gasteiger partial charge in [-0.1, -0.05) is 13.8 Å². The van der Waals surface area contributed by atoms with Crippen molar-refractivity contribution in [3.63, 3.8) is 0 Å². The predicted octanol–water partition coefficient (Wildman–Crippen LogP) is 0.886. The number of amides is 1. The van der Waals surface area contributed by atoms with Crippen LogP contribution in [0.15, 0.2) is 0 Å². The number of hydrogen-bond acceptors (Lipinski definition) is 2. The fourth-order valence-corrected chi connectivity index (χ4v) is 1.58. The standard InChI is InChI=1S/C10H20N2O/c1-7(4-5-11)12-9(13)8-6-10(8,2)3/h7-8H,4-6,11H2,1-3H3,(H,12,13). The number of nitrogens with one attached hydrogen (secondary N) is 1. The van der Waals surface area contributed by atoms with Crippen LogP contribution < -0.4 is 11.1 Å². The molecule has 0 radical (unpaired) electrons. The monoisotopic (exact) mass is 184 g/mol. The summed E-state index contributed by atoms with van der Waals surface area (Å²) in [5.41, 5.74) is 5.63. The molecular weight excluding hydrogens is 164 g/mol. The Balaban J connectivity index is 2.27. The normalized spacial score (nSPS) is 26.6. The fourth-order valence-electron chi connectivity index (χ4n) is 1.58. The van der Waals surface area contributed by atoms with Crippen molar-refractivity contribution >= 4 is 5.91 Å². The van der Waals surface area contributed by atoms with Gasteiger partial charge in [0.05, 0.1) is 0 Å². The van der Waals surface area contributed by atoms with Gasteiger partial charge in [-0.3, -0.25) is 4.79 Å². The minimum Gasteiger partial charge on any atom is -0.353 e. The third-order valence-corrected chi connectivity index (χ3v) is 2.82. The van der Waals surface area contributed by atoms with E-state index in [0.29, 0.717) is 6.54 Å². The van der Waals surface area contributed by atoms with Gasteiger partial charge < -0.3 is 11.1 Å². The molecule has 76 valence electrons. The Morgan fingerprint density at radius 3 is 2.62 bits per heavy atom. The van der Waals surface area contributed by atoms with Crippen LogP contribution in [-0.4, -0.2) is 18.5 Å². The summed E-state index contributed by atoms with van der Waals surface area (Å²) in [5.74, 6) is 0.429. The second-order valence-electron chi connectivity index (χ2n) is 4.73. The topological polar surface area (TPSA) is 55.1 Å². The summed E-state index contributed by atoms with van der Waals surface area (Å²) >= 11 is 0. The van der Waals surface area contributed by atoms with Crippen LogP contribution in [0.2, 0.25) is 0 Å². The Bertz CT molecular complexity index is 201. The summed E-state index contributed by atoms with van der Waals surface area (Å²) in [6.07, 6.45) is 1.88. The van der Waals surface area contributed by atoms with Gasteiger partial charge in [-0.05, 0) is 31.7 Å². The lowest BCUT2D eigenvalue weighted by atomic mass is 10.1. The molecule has 1 rings (SSSR count). The van der Waals surface area contributed by atoms with Crippen molar-refractivity contribution in [2.24, 2.45) is 17.1 Å². The quantitative estimate of drug-likeness (QED) is 0.681. The molecule has 3 nitrogen and oxygen atoms in total. The molecule has 0 aromatic rings. The highest BCUT2D eigenvalue weighted by Crippen LogP contribution is 2.51. The molecule has 0 heterocycles. The minimum absolute atomic E-state index is 0.200. The second-order valence-corrected chi connectivity index (χ2v) is 4.73. The van der Waals surface area contributed by atoms with E-state index in [1.807, 2.05) is 6.92 Å². The molecule has 2 unspecified atom stereocenters. The van der Waals surface area contributed by atoms with Gasteiger partial charge in [-0.2, -0.15) is 0 Å². The first kappa shape index (κ1) is 10.5.